The van der Waals surface area contributed by atoms with Crippen LogP contribution in [0.25, 0.3) is 0 Å². The third-order valence-corrected chi connectivity index (χ3v) is 8.13. The van der Waals surface area contributed by atoms with Gasteiger partial charge in [0.15, 0.2) is 0 Å². The number of allylic oxidation sites excluding steroid dienone is 2. The minimum absolute atomic E-state index is 0.0514. The van der Waals surface area contributed by atoms with Crippen LogP contribution in [0.1, 0.15) is 78.1 Å². The Morgan fingerprint density at radius 2 is 1.77 bits per heavy atom. The second kappa shape index (κ2) is 7.40. The number of hydrogen-bond donors (Lipinski definition) is 2. The van der Waals surface area contributed by atoms with E-state index in [2.05, 4.69) is 22.8 Å². The maximum Gasteiger partial charge on any atom is 0.256 e. The van der Waals surface area contributed by atoms with E-state index in [1.165, 1.54) is 26.3 Å². The number of rotatable bonds is 5. The molecule has 2 amide bonds. The minimum Gasteiger partial charge on any atom is -0.355 e. The Labute approximate surface area is 177 Å². The summed E-state index contributed by atoms with van der Waals surface area (Å²) in [7, 11) is 1.51. The second-order valence-corrected chi connectivity index (χ2v) is 9.69. The molecule has 1 heterocycles. The third kappa shape index (κ3) is 3.12. The highest BCUT2D eigenvalue weighted by atomic mass is 16.2. The molecule has 3 atom stereocenters. The monoisotopic (exact) mass is 409 g/mol. The highest BCUT2D eigenvalue weighted by molar-refractivity contribution is 5.99. The van der Waals surface area contributed by atoms with Gasteiger partial charge in [0.1, 0.15) is 11.1 Å². The average molecular weight is 410 g/mol. The molecule has 2 N–H and O–H groups in total. The molecule has 0 aliphatic heterocycles. The predicted molar refractivity (Wildman–Crippen MR) is 114 cm³/mol. The van der Waals surface area contributed by atoms with Gasteiger partial charge in [-0.1, -0.05) is 31.4 Å². The van der Waals surface area contributed by atoms with Gasteiger partial charge in [0.05, 0.1) is 0 Å². The summed E-state index contributed by atoms with van der Waals surface area (Å²) in [5.41, 5.74) is 0.143. The maximum absolute atomic E-state index is 13.0. The zero-order chi connectivity index (χ0) is 20.9. The largest absolute Gasteiger partial charge is 0.355 e. The molecule has 30 heavy (non-hydrogen) atoms. The van der Waals surface area contributed by atoms with E-state index in [1.54, 1.807) is 12.4 Å². The van der Waals surface area contributed by atoms with Crippen molar-refractivity contribution in [2.45, 2.75) is 57.4 Å². The highest BCUT2D eigenvalue weighted by Crippen LogP contribution is 2.69. The minimum atomic E-state index is -0.481. The highest BCUT2D eigenvalue weighted by Gasteiger charge is 2.62. The van der Waals surface area contributed by atoms with Crippen molar-refractivity contribution in [1.82, 2.24) is 15.2 Å². The molecule has 2 bridgehead atoms. The molecule has 4 aliphatic rings. The van der Waals surface area contributed by atoms with Crippen molar-refractivity contribution in [3.05, 3.63) is 45.9 Å². The summed E-state index contributed by atoms with van der Waals surface area (Å²) < 4.78 is 1.93. The molecule has 160 valence electrons. The number of nitrogens with one attached hydrogen (secondary N) is 2. The summed E-state index contributed by atoms with van der Waals surface area (Å²) in [5, 5.41) is 5.57. The van der Waals surface area contributed by atoms with Crippen LogP contribution in [-0.2, 0) is 0 Å². The Kier molecular flexibility index (Phi) is 4.83. The number of amides is 2. The number of carbonyl (C=O) groups is 2. The van der Waals surface area contributed by atoms with Gasteiger partial charge in [0, 0.05) is 32.0 Å². The lowest BCUT2D eigenvalue weighted by atomic mass is 9.89. The zero-order valence-corrected chi connectivity index (χ0v) is 17.7. The normalized spacial score (nSPS) is 28.6. The lowest BCUT2D eigenvalue weighted by molar-refractivity contribution is 0.0941. The van der Waals surface area contributed by atoms with Gasteiger partial charge in [-0.3, -0.25) is 14.4 Å². The van der Waals surface area contributed by atoms with Gasteiger partial charge in [0.2, 0.25) is 5.43 Å². The molecule has 0 saturated heterocycles. The maximum atomic E-state index is 13.0. The molecule has 0 unspecified atom stereocenters. The van der Waals surface area contributed by atoms with E-state index >= 15 is 0 Å². The van der Waals surface area contributed by atoms with E-state index in [9.17, 15) is 14.4 Å². The smallest absolute Gasteiger partial charge is 0.256 e. The molecule has 1 aromatic heterocycles. The van der Waals surface area contributed by atoms with Crippen LogP contribution in [0.3, 0.4) is 0 Å². The topological polar surface area (TPSA) is 80.2 Å². The van der Waals surface area contributed by atoms with Crippen molar-refractivity contribution in [3.8, 4) is 0 Å². The van der Waals surface area contributed by atoms with Gasteiger partial charge in [-0.05, 0) is 55.3 Å². The number of carbonyl (C=O) groups excluding carboxylic acids is 2. The molecular weight excluding hydrogens is 378 g/mol. The fraction of sp³-hybridized carbons (Fsp3) is 0.625. The molecule has 3 fully saturated rings. The van der Waals surface area contributed by atoms with Gasteiger partial charge in [0.25, 0.3) is 11.8 Å². The van der Waals surface area contributed by atoms with Crippen LogP contribution in [-0.4, -0.2) is 30.0 Å². The van der Waals surface area contributed by atoms with Crippen molar-refractivity contribution in [3.63, 3.8) is 0 Å². The summed E-state index contributed by atoms with van der Waals surface area (Å²) in [5.74, 6) is 0.901. The second-order valence-electron chi connectivity index (χ2n) is 9.69. The standard InChI is InChI=1S/C24H31N3O3/c1-25-22(29)18-13-27(17-5-3-2-4-6-17)14-19(21(18)28)23(30)26-12-15-11-16-7-8-20(15)24(16)9-10-24/h7-8,13-17,20H,2-6,9-12H2,1H3,(H,25,29)(H,26,30)/t15-,16-,20-/m0/s1. The first-order chi connectivity index (χ1) is 14.5. The Bertz CT molecular complexity index is 953. The molecule has 3 saturated carbocycles. The van der Waals surface area contributed by atoms with E-state index in [-0.39, 0.29) is 23.1 Å². The fourth-order valence-corrected chi connectivity index (χ4v) is 6.32. The van der Waals surface area contributed by atoms with Crippen LogP contribution >= 0.6 is 0 Å². The first-order valence-electron chi connectivity index (χ1n) is 11.5. The Morgan fingerprint density at radius 1 is 1.07 bits per heavy atom. The predicted octanol–water partition coefficient (Wildman–Crippen LogP) is 3.05. The van der Waals surface area contributed by atoms with Crippen LogP contribution < -0.4 is 16.1 Å². The Balaban J connectivity index is 1.37. The van der Waals surface area contributed by atoms with Crippen molar-refractivity contribution in [2.24, 2.45) is 23.2 Å². The van der Waals surface area contributed by atoms with Gasteiger partial charge in [-0.15, -0.1) is 0 Å². The number of aromatic nitrogens is 1. The van der Waals surface area contributed by atoms with Gasteiger partial charge < -0.3 is 15.2 Å². The molecule has 0 radical (unpaired) electrons. The molecule has 6 heteroatoms. The summed E-state index contributed by atoms with van der Waals surface area (Å²) in [6.07, 6.45) is 17.3. The number of nitrogens with zero attached hydrogens (tertiary/aromatic N) is 1. The molecule has 6 nitrogen and oxygen atoms in total. The average Bonchev–Trinajstić information content (AvgIpc) is 3.45. The lowest BCUT2D eigenvalue weighted by Crippen LogP contribution is -2.37. The summed E-state index contributed by atoms with van der Waals surface area (Å²) in [4.78, 5) is 38.3. The fourth-order valence-electron chi connectivity index (χ4n) is 6.32. The Hall–Kier alpha value is -2.37. The lowest BCUT2D eigenvalue weighted by Gasteiger charge is -2.26. The van der Waals surface area contributed by atoms with Crippen molar-refractivity contribution >= 4 is 11.8 Å². The van der Waals surface area contributed by atoms with Gasteiger partial charge in [-0.25, -0.2) is 0 Å². The van der Waals surface area contributed by atoms with Crippen LogP contribution in [0.2, 0.25) is 0 Å². The number of pyridine rings is 1. The summed E-state index contributed by atoms with van der Waals surface area (Å²) >= 11 is 0. The van der Waals surface area contributed by atoms with E-state index in [1.807, 2.05) is 4.57 Å². The van der Waals surface area contributed by atoms with E-state index in [0.717, 1.165) is 32.1 Å². The van der Waals surface area contributed by atoms with E-state index < -0.39 is 11.3 Å². The molecule has 5 rings (SSSR count). The first kappa shape index (κ1) is 19.6. The van der Waals surface area contributed by atoms with Crippen molar-refractivity contribution in [2.75, 3.05) is 13.6 Å². The van der Waals surface area contributed by atoms with Gasteiger partial charge in [-0.2, -0.15) is 0 Å². The summed E-state index contributed by atoms with van der Waals surface area (Å²) in [6, 6.07) is 0.236. The molecule has 1 aromatic rings. The van der Waals surface area contributed by atoms with Crippen molar-refractivity contribution < 1.29 is 9.59 Å². The quantitative estimate of drug-likeness (QED) is 0.734. The molecule has 4 aliphatic carbocycles. The summed E-state index contributed by atoms with van der Waals surface area (Å²) in [6.45, 7) is 0.596. The third-order valence-electron chi connectivity index (χ3n) is 8.13. The molecular formula is C24H31N3O3. The molecule has 1 spiro atoms. The van der Waals surface area contributed by atoms with Crippen molar-refractivity contribution in [1.29, 1.82) is 0 Å². The van der Waals surface area contributed by atoms with Crippen LogP contribution in [0.4, 0.5) is 0 Å². The zero-order valence-electron chi connectivity index (χ0n) is 17.7. The first-order valence-corrected chi connectivity index (χ1v) is 11.5. The van der Waals surface area contributed by atoms with E-state index in [0.29, 0.717) is 29.7 Å². The Morgan fingerprint density at radius 3 is 2.40 bits per heavy atom. The van der Waals surface area contributed by atoms with E-state index in [4.69, 9.17) is 0 Å². The van der Waals surface area contributed by atoms with Crippen LogP contribution in [0.5, 0.6) is 0 Å². The SMILES string of the molecule is CNC(=O)c1cn(C2CCCCC2)cc(C(=O)NC[C@@H]2C[C@@H]3C=C[C@@H]2C32CC2)c1=O. The van der Waals surface area contributed by atoms with Crippen LogP contribution in [0, 0.1) is 23.2 Å². The number of hydrogen-bond acceptors (Lipinski definition) is 3. The van der Waals surface area contributed by atoms with Gasteiger partial charge >= 0.3 is 0 Å². The molecule has 0 aromatic carbocycles. The van der Waals surface area contributed by atoms with Crippen LogP contribution in [0.15, 0.2) is 29.3 Å².